The van der Waals surface area contributed by atoms with Gasteiger partial charge in [-0.05, 0) is 98.2 Å². The summed E-state index contributed by atoms with van der Waals surface area (Å²) in [5.74, 6) is -0.724. The van der Waals surface area contributed by atoms with Gasteiger partial charge in [-0.15, -0.1) is 0 Å². The molecule has 0 aliphatic heterocycles. The minimum absolute atomic E-state index is 0.154. The molecular weight excluding hydrogens is 572 g/mol. The monoisotopic (exact) mass is 614 g/mol. The van der Waals surface area contributed by atoms with Gasteiger partial charge in [0.1, 0.15) is 11.5 Å². The summed E-state index contributed by atoms with van der Waals surface area (Å²) in [4.78, 5) is 23.2. The van der Waals surface area contributed by atoms with E-state index in [1.165, 1.54) is 34.4 Å². The molecule has 1 aliphatic carbocycles. The molecule has 1 aliphatic rings. The van der Waals surface area contributed by atoms with E-state index in [1.54, 1.807) is 13.8 Å². The van der Waals surface area contributed by atoms with Gasteiger partial charge in [0.25, 0.3) is 0 Å². The number of aliphatic hydroxyl groups is 2. The fraction of sp³-hybridized carbons (Fsp3) is 0.351. The van der Waals surface area contributed by atoms with Gasteiger partial charge in [0, 0.05) is 18.3 Å². The van der Waals surface area contributed by atoms with Crippen LogP contribution in [0.15, 0.2) is 84.3 Å². The summed E-state index contributed by atoms with van der Waals surface area (Å²) in [7, 11) is 0. The first kappa shape index (κ1) is 33.2. The van der Waals surface area contributed by atoms with Crippen LogP contribution in [-0.4, -0.2) is 48.6 Å². The summed E-state index contributed by atoms with van der Waals surface area (Å²) >= 11 is 0. The average molecular weight is 615 g/mol. The van der Waals surface area contributed by atoms with E-state index in [4.69, 9.17) is 18.9 Å². The van der Waals surface area contributed by atoms with Gasteiger partial charge in [0.2, 0.25) is 0 Å². The highest BCUT2D eigenvalue weighted by Gasteiger charge is 2.42. The molecule has 2 N–H and O–H groups in total. The van der Waals surface area contributed by atoms with Crippen LogP contribution < -0.4 is 9.47 Å². The van der Waals surface area contributed by atoms with E-state index in [-0.39, 0.29) is 18.6 Å². The molecule has 4 rings (SSSR count). The van der Waals surface area contributed by atoms with Crippen LogP contribution in [0.3, 0.4) is 0 Å². The van der Waals surface area contributed by atoms with Crippen molar-refractivity contribution in [2.75, 3.05) is 26.4 Å². The molecule has 8 heteroatoms. The van der Waals surface area contributed by atoms with Gasteiger partial charge >= 0.3 is 11.9 Å². The molecule has 0 bridgehead atoms. The van der Waals surface area contributed by atoms with Crippen molar-refractivity contribution in [1.29, 1.82) is 0 Å². The number of benzene rings is 3. The second-order valence-corrected chi connectivity index (χ2v) is 11.0. The van der Waals surface area contributed by atoms with Crippen molar-refractivity contribution in [3.8, 4) is 11.5 Å². The normalized spacial score (nSPS) is 16.2. The van der Waals surface area contributed by atoms with Crippen molar-refractivity contribution < 1.29 is 38.7 Å². The number of fused-ring (bicyclic) bond motifs is 1. The van der Waals surface area contributed by atoms with Crippen LogP contribution in [0.1, 0.15) is 66.5 Å². The number of hydrogen-bond acceptors (Lipinski definition) is 8. The lowest BCUT2D eigenvalue weighted by Crippen LogP contribution is -2.27. The number of allylic oxidation sites excluding steroid dienone is 2. The maximum Gasteiger partial charge on any atom is 0.373 e. The Labute approximate surface area is 264 Å². The minimum Gasteiger partial charge on any atom is -0.502 e. The minimum atomic E-state index is -0.736. The SMILES string of the molecule is CC=C(O)C(=O)OCCCOc1ccc(C2(c3ccc(OCCCOC(=O)C(O)=CC)c(C)c3)CCc3ccccc32)cc1C. The standard InChI is InChI=1S/C37H42O8/c1-5-31(38)35(40)44-21-9-19-42-33-15-13-28(23-25(33)3)37(18-17-27-11-7-8-12-30(27)37)29-14-16-34(26(4)24-29)43-20-10-22-45-36(41)32(39)6-2/h5-8,11-16,23-24,38-39H,9-10,17-22H2,1-4H3. The Bertz CT molecular complexity index is 1480. The fourth-order valence-corrected chi connectivity index (χ4v) is 5.73. The highest BCUT2D eigenvalue weighted by Crippen LogP contribution is 2.50. The van der Waals surface area contributed by atoms with Crippen molar-refractivity contribution in [2.45, 2.75) is 58.8 Å². The number of ether oxygens (including phenoxy) is 4. The van der Waals surface area contributed by atoms with Gasteiger partial charge in [0.05, 0.1) is 26.4 Å². The number of carbonyl (C=O) groups excluding carboxylic acids is 2. The second-order valence-electron chi connectivity index (χ2n) is 11.0. The van der Waals surface area contributed by atoms with Crippen molar-refractivity contribution >= 4 is 11.9 Å². The Hall–Kier alpha value is -4.72. The molecule has 0 unspecified atom stereocenters. The molecule has 0 saturated heterocycles. The van der Waals surface area contributed by atoms with Crippen LogP contribution in [0, 0.1) is 13.8 Å². The molecule has 0 radical (unpaired) electrons. The number of carbonyl (C=O) groups is 2. The van der Waals surface area contributed by atoms with Crippen molar-refractivity contribution in [3.63, 3.8) is 0 Å². The topological polar surface area (TPSA) is 112 Å². The first-order valence-electron chi connectivity index (χ1n) is 15.3. The Morgan fingerprint density at radius 3 is 1.69 bits per heavy atom. The third kappa shape index (κ3) is 7.69. The zero-order valence-corrected chi connectivity index (χ0v) is 26.4. The molecular formula is C37H42O8. The number of esters is 2. The molecule has 0 amide bonds. The smallest absolute Gasteiger partial charge is 0.373 e. The first-order chi connectivity index (χ1) is 21.7. The average Bonchev–Trinajstić information content (AvgIpc) is 3.45. The van der Waals surface area contributed by atoms with E-state index in [0.29, 0.717) is 26.1 Å². The summed E-state index contributed by atoms with van der Waals surface area (Å²) < 4.78 is 22.1. The molecule has 3 aromatic carbocycles. The van der Waals surface area contributed by atoms with E-state index in [0.717, 1.165) is 35.5 Å². The summed E-state index contributed by atoms with van der Waals surface area (Å²) in [6.45, 7) is 8.27. The summed E-state index contributed by atoms with van der Waals surface area (Å²) in [5, 5.41) is 18.8. The summed E-state index contributed by atoms with van der Waals surface area (Å²) in [5.41, 5.74) is 6.70. The van der Waals surface area contributed by atoms with E-state index in [2.05, 4.69) is 48.5 Å². The Kier molecular flexibility index (Phi) is 11.3. The van der Waals surface area contributed by atoms with Gasteiger partial charge in [0.15, 0.2) is 11.5 Å². The predicted molar refractivity (Wildman–Crippen MR) is 172 cm³/mol. The van der Waals surface area contributed by atoms with Gasteiger partial charge < -0.3 is 29.2 Å². The molecule has 0 spiro atoms. The molecule has 3 aromatic rings. The molecule has 0 aromatic heterocycles. The maximum absolute atomic E-state index is 11.6. The molecule has 45 heavy (non-hydrogen) atoms. The summed E-state index contributed by atoms with van der Waals surface area (Å²) in [6.07, 6.45) is 5.49. The molecule has 8 nitrogen and oxygen atoms in total. The Morgan fingerprint density at radius 2 is 1.22 bits per heavy atom. The van der Waals surface area contributed by atoms with E-state index >= 15 is 0 Å². The van der Waals surface area contributed by atoms with Gasteiger partial charge in [-0.25, -0.2) is 9.59 Å². The molecule has 0 atom stereocenters. The predicted octanol–water partition coefficient (Wildman–Crippen LogP) is 7.13. The van der Waals surface area contributed by atoms with Crippen molar-refractivity contribution in [2.24, 2.45) is 0 Å². The lowest BCUT2D eigenvalue weighted by molar-refractivity contribution is -0.143. The second kappa shape index (κ2) is 15.3. The Morgan fingerprint density at radius 1 is 0.733 bits per heavy atom. The van der Waals surface area contributed by atoms with Gasteiger partial charge in [-0.2, -0.15) is 0 Å². The van der Waals surface area contributed by atoms with Crippen molar-refractivity contribution in [1.82, 2.24) is 0 Å². The zero-order chi connectivity index (χ0) is 32.4. The third-order valence-electron chi connectivity index (χ3n) is 8.11. The van der Waals surface area contributed by atoms with Crippen LogP contribution in [0.25, 0.3) is 0 Å². The summed E-state index contributed by atoms with van der Waals surface area (Å²) in [6, 6.07) is 21.3. The largest absolute Gasteiger partial charge is 0.502 e. The number of aryl methyl sites for hydroxylation is 3. The highest BCUT2D eigenvalue weighted by atomic mass is 16.6. The first-order valence-corrected chi connectivity index (χ1v) is 15.3. The van der Waals surface area contributed by atoms with E-state index in [1.807, 2.05) is 26.0 Å². The van der Waals surface area contributed by atoms with Crippen LogP contribution in [0.5, 0.6) is 11.5 Å². The van der Waals surface area contributed by atoms with Crippen LogP contribution in [0.4, 0.5) is 0 Å². The number of hydrogen-bond donors (Lipinski definition) is 2. The molecule has 0 heterocycles. The van der Waals surface area contributed by atoms with Crippen LogP contribution in [0.2, 0.25) is 0 Å². The fourth-order valence-electron chi connectivity index (χ4n) is 5.73. The zero-order valence-electron chi connectivity index (χ0n) is 26.4. The lowest BCUT2D eigenvalue weighted by Gasteiger charge is -2.33. The quantitative estimate of drug-likeness (QED) is 0.0854. The van der Waals surface area contributed by atoms with Crippen LogP contribution >= 0.6 is 0 Å². The Balaban J connectivity index is 1.48. The molecule has 0 saturated carbocycles. The lowest BCUT2D eigenvalue weighted by atomic mass is 9.69. The number of rotatable bonds is 14. The van der Waals surface area contributed by atoms with Crippen molar-refractivity contribution in [3.05, 3.63) is 118 Å². The van der Waals surface area contributed by atoms with E-state index < -0.39 is 23.5 Å². The molecule has 0 fully saturated rings. The number of aliphatic hydroxyl groups excluding tert-OH is 2. The van der Waals surface area contributed by atoms with Gasteiger partial charge in [-0.1, -0.05) is 48.5 Å². The van der Waals surface area contributed by atoms with E-state index in [9.17, 15) is 19.8 Å². The molecule has 238 valence electrons. The van der Waals surface area contributed by atoms with Crippen LogP contribution in [-0.2, 0) is 30.9 Å². The highest BCUT2D eigenvalue weighted by molar-refractivity contribution is 5.85. The van der Waals surface area contributed by atoms with Gasteiger partial charge in [-0.3, -0.25) is 0 Å². The third-order valence-corrected chi connectivity index (χ3v) is 8.11. The maximum atomic E-state index is 11.6.